The third-order valence-corrected chi connectivity index (χ3v) is 5.04. The fraction of sp³-hybridized carbons (Fsp3) is 0.364. The van der Waals surface area contributed by atoms with Crippen LogP contribution in [0.1, 0.15) is 23.6 Å². The Morgan fingerprint density at radius 3 is 2.32 bits per heavy atom. The maximum atomic E-state index is 12.3. The average Bonchev–Trinajstić information content (AvgIpc) is 2.97. The van der Waals surface area contributed by atoms with Crippen LogP contribution in [0.5, 0.6) is 0 Å². The fourth-order valence-corrected chi connectivity index (χ4v) is 3.61. The fourth-order valence-electron chi connectivity index (χ4n) is 3.61. The summed E-state index contributed by atoms with van der Waals surface area (Å²) in [6, 6.07) is 20.6. The summed E-state index contributed by atoms with van der Waals surface area (Å²) >= 11 is 0. The van der Waals surface area contributed by atoms with E-state index in [4.69, 9.17) is 4.99 Å². The van der Waals surface area contributed by atoms with Crippen LogP contribution in [0, 0.1) is 5.92 Å². The Hall–Kier alpha value is -2.09. The number of aliphatic imine (C=N–C) groups is 1. The van der Waals surface area contributed by atoms with Crippen molar-refractivity contribution in [2.75, 3.05) is 27.7 Å². The predicted octanol–water partition coefficient (Wildman–Crippen LogP) is 3.53. The van der Waals surface area contributed by atoms with Gasteiger partial charge in [0.2, 0.25) is 5.91 Å². The number of rotatable bonds is 5. The molecule has 5 nitrogen and oxygen atoms in total. The SMILES string of the molecule is CN(C)C(=NCc1ccccc1)NC[C@@H]1CC(=O)N(C)[C@H]1c1ccccc1.I. The maximum Gasteiger partial charge on any atom is 0.223 e. The van der Waals surface area contributed by atoms with Gasteiger partial charge in [-0.05, 0) is 11.1 Å². The number of halogens is 1. The summed E-state index contributed by atoms with van der Waals surface area (Å²) in [5.74, 6) is 1.25. The predicted molar refractivity (Wildman–Crippen MR) is 125 cm³/mol. The third-order valence-electron chi connectivity index (χ3n) is 5.04. The second kappa shape index (κ2) is 10.5. The van der Waals surface area contributed by atoms with E-state index in [0.29, 0.717) is 19.5 Å². The monoisotopic (exact) mass is 492 g/mol. The van der Waals surface area contributed by atoms with E-state index in [2.05, 4.69) is 29.6 Å². The van der Waals surface area contributed by atoms with E-state index in [0.717, 1.165) is 5.96 Å². The number of benzene rings is 2. The van der Waals surface area contributed by atoms with Crippen LogP contribution < -0.4 is 5.32 Å². The van der Waals surface area contributed by atoms with Gasteiger partial charge in [0.15, 0.2) is 5.96 Å². The highest BCUT2D eigenvalue weighted by Crippen LogP contribution is 2.36. The highest BCUT2D eigenvalue weighted by Gasteiger charge is 2.38. The minimum atomic E-state index is 0. The lowest BCUT2D eigenvalue weighted by molar-refractivity contribution is -0.127. The van der Waals surface area contributed by atoms with E-state index >= 15 is 0 Å². The van der Waals surface area contributed by atoms with Gasteiger partial charge >= 0.3 is 0 Å². The van der Waals surface area contributed by atoms with Gasteiger partial charge in [0.25, 0.3) is 0 Å². The summed E-state index contributed by atoms with van der Waals surface area (Å²) in [5.41, 5.74) is 2.36. The number of nitrogens with zero attached hydrogens (tertiary/aromatic N) is 3. The summed E-state index contributed by atoms with van der Waals surface area (Å²) in [6.45, 7) is 1.34. The van der Waals surface area contributed by atoms with Gasteiger partial charge in [-0.25, -0.2) is 4.99 Å². The van der Waals surface area contributed by atoms with E-state index in [-0.39, 0.29) is 41.8 Å². The largest absolute Gasteiger partial charge is 0.356 e. The van der Waals surface area contributed by atoms with E-state index in [1.165, 1.54) is 11.1 Å². The number of hydrogen-bond acceptors (Lipinski definition) is 2. The number of guanidine groups is 1. The zero-order valence-corrected chi connectivity index (χ0v) is 19.0. The van der Waals surface area contributed by atoms with Crippen molar-refractivity contribution in [2.24, 2.45) is 10.9 Å². The summed E-state index contributed by atoms with van der Waals surface area (Å²) in [5, 5.41) is 3.47. The Morgan fingerprint density at radius 2 is 1.71 bits per heavy atom. The summed E-state index contributed by atoms with van der Waals surface area (Å²) in [7, 11) is 5.87. The molecule has 0 saturated carbocycles. The molecule has 0 unspecified atom stereocenters. The van der Waals surface area contributed by atoms with Crippen molar-refractivity contribution in [3.05, 3.63) is 71.8 Å². The lowest BCUT2D eigenvalue weighted by Gasteiger charge is -2.27. The summed E-state index contributed by atoms with van der Waals surface area (Å²) in [4.78, 5) is 20.9. The number of carbonyl (C=O) groups excluding carboxylic acids is 1. The molecule has 1 saturated heterocycles. The molecule has 1 N–H and O–H groups in total. The van der Waals surface area contributed by atoms with Crippen LogP contribution in [0.25, 0.3) is 0 Å². The minimum Gasteiger partial charge on any atom is -0.356 e. The molecule has 1 amide bonds. The molecule has 28 heavy (non-hydrogen) atoms. The maximum absolute atomic E-state index is 12.3. The van der Waals surface area contributed by atoms with Gasteiger partial charge in [0.05, 0.1) is 12.6 Å². The molecule has 0 aliphatic carbocycles. The first kappa shape index (κ1) is 22.2. The van der Waals surface area contributed by atoms with Gasteiger partial charge in [0, 0.05) is 40.0 Å². The van der Waals surface area contributed by atoms with Crippen LogP contribution >= 0.6 is 24.0 Å². The first-order chi connectivity index (χ1) is 13.1. The molecule has 0 radical (unpaired) electrons. The molecule has 1 aliphatic rings. The van der Waals surface area contributed by atoms with Gasteiger partial charge in [-0.1, -0.05) is 60.7 Å². The molecule has 0 aromatic heterocycles. The molecule has 0 bridgehead atoms. The number of amides is 1. The van der Waals surface area contributed by atoms with Crippen LogP contribution in [0.3, 0.4) is 0 Å². The summed E-state index contributed by atoms with van der Waals surface area (Å²) < 4.78 is 0. The van der Waals surface area contributed by atoms with Crippen molar-refractivity contribution >= 4 is 35.8 Å². The molecule has 0 spiro atoms. The number of likely N-dealkylation sites (tertiary alicyclic amines) is 1. The molecular weight excluding hydrogens is 463 g/mol. The molecule has 2 aromatic rings. The molecule has 1 aliphatic heterocycles. The van der Waals surface area contributed by atoms with Gasteiger partial charge in [0.1, 0.15) is 0 Å². The zero-order chi connectivity index (χ0) is 19.2. The number of hydrogen-bond donors (Lipinski definition) is 1. The first-order valence-corrected chi connectivity index (χ1v) is 9.36. The second-order valence-corrected chi connectivity index (χ2v) is 7.23. The Labute approximate surface area is 184 Å². The lowest BCUT2D eigenvalue weighted by Crippen LogP contribution is -2.40. The van der Waals surface area contributed by atoms with Crippen molar-refractivity contribution in [3.63, 3.8) is 0 Å². The third kappa shape index (κ3) is 5.47. The van der Waals surface area contributed by atoms with Crippen molar-refractivity contribution in [3.8, 4) is 0 Å². The van der Waals surface area contributed by atoms with E-state index in [9.17, 15) is 4.79 Å². The minimum absolute atomic E-state index is 0. The Kier molecular flexibility index (Phi) is 8.29. The Bertz CT molecular complexity index is 780. The van der Waals surface area contributed by atoms with Crippen LogP contribution in [-0.4, -0.2) is 49.4 Å². The second-order valence-electron chi connectivity index (χ2n) is 7.23. The molecular formula is C22H29IN4O. The van der Waals surface area contributed by atoms with Gasteiger partial charge < -0.3 is 15.1 Å². The van der Waals surface area contributed by atoms with Crippen LogP contribution in [0.15, 0.2) is 65.7 Å². The standard InChI is InChI=1S/C22H28N4O.HI/c1-25(2)22(23-15-17-10-6-4-7-11-17)24-16-19-14-20(27)26(3)21(19)18-12-8-5-9-13-18;/h4-13,19,21H,14-16H2,1-3H3,(H,23,24);1H/t19-,21-;/m0./s1. The van der Waals surface area contributed by atoms with Crippen molar-refractivity contribution in [2.45, 2.75) is 19.0 Å². The Morgan fingerprint density at radius 1 is 1.11 bits per heavy atom. The Balaban J connectivity index is 0.00000280. The van der Waals surface area contributed by atoms with Crippen LogP contribution in [-0.2, 0) is 11.3 Å². The van der Waals surface area contributed by atoms with Gasteiger partial charge in [-0.2, -0.15) is 0 Å². The molecule has 3 rings (SSSR count). The molecule has 2 aromatic carbocycles. The van der Waals surface area contributed by atoms with Gasteiger partial charge in [-0.3, -0.25) is 4.79 Å². The molecule has 6 heteroatoms. The van der Waals surface area contributed by atoms with Crippen molar-refractivity contribution in [1.82, 2.24) is 15.1 Å². The topological polar surface area (TPSA) is 47.9 Å². The number of nitrogens with one attached hydrogen (secondary N) is 1. The number of carbonyl (C=O) groups is 1. The normalized spacial score (nSPS) is 19.3. The average molecular weight is 492 g/mol. The molecule has 1 fully saturated rings. The molecule has 150 valence electrons. The van der Waals surface area contributed by atoms with Crippen LogP contribution in [0.4, 0.5) is 0 Å². The molecule has 1 heterocycles. The van der Waals surface area contributed by atoms with Gasteiger partial charge in [-0.15, -0.1) is 24.0 Å². The summed E-state index contributed by atoms with van der Waals surface area (Å²) in [6.07, 6.45) is 0.558. The van der Waals surface area contributed by atoms with Crippen LogP contribution in [0.2, 0.25) is 0 Å². The smallest absolute Gasteiger partial charge is 0.223 e. The quantitative estimate of drug-likeness (QED) is 0.395. The first-order valence-electron chi connectivity index (χ1n) is 9.36. The lowest BCUT2D eigenvalue weighted by atomic mass is 9.94. The zero-order valence-electron chi connectivity index (χ0n) is 16.7. The van der Waals surface area contributed by atoms with Crippen molar-refractivity contribution < 1.29 is 4.79 Å². The van der Waals surface area contributed by atoms with E-state index < -0.39 is 0 Å². The van der Waals surface area contributed by atoms with E-state index in [1.807, 2.05) is 67.3 Å². The van der Waals surface area contributed by atoms with Crippen molar-refractivity contribution in [1.29, 1.82) is 0 Å². The van der Waals surface area contributed by atoms with E-state index in [1.54, 1.807) is 0 Å². The highest BCUT2D eigenvalue weighted by atomic mass is 127. The highest BCUT2D eigenvalue weighted by molar-refractivity contribution is 14.0. The molecule has 2 atom stereocenters.